The Bertz CT molecular complexity index is 534. The van der Waals surface area contributed by atoms with Gasteiger partial charge in [-0.25, -0.2) is 0 Å². The van der Waals surface area contributed by atoms with Crippen molar-refractivity contribution in [3.63, 3.8) is 0 Å². The smallest absolute Gasteiger partial charge is 0.246 e. The highest BCUT2D eigenvalue weighted by Crippen LogP contribution is 2.24. The lowest BCUT2D eigenvalue weighted by atomic mass is 9.84. The minimum Gasteiger partial charge on any atom is -0.342 e. The van der Waals surface area contributed by atoms with Crippen molar-refractivity contribution in [2.75, 3.05) is 6.54 Å². The first kappa shape index (κ1) is 14.5. The fourth-order valence-electron chi connectivity index (χ4n) is 2.29. The molecule has 1 aliphatic heterocycles. The first-order valence-corrected chi connectivity index (χ1v) is 6.76. The van der Waals surface area contributed by atoms with E-state index in [2.05, 4.69) is 10.3 Å². The Kier molecular flexibility index (Phi) is 3.79. The summed E-state index contributed by atoms with van der Waals surface area (Å²) in [5, 5.41) is 2.79. The third-order valence-corrected chi connectivity index (χ3v) is 3.57. The molecule has 1 aliphatic rings. The molecule has 1 saturated heterocycles. The van der Waals surface area contributed by atoms with Gasteiger partial charge in [0.05, 0.1) is 6.54 Å². The normalized spacial score (nSPS) is 20.0. The van der Waals surface area contributed by atoms with Crippen LogP contribution in [0, 0.1) is 12.3 Å². The van der Waals surface area contributed by atoms with Crippen LogP contribution in [0.15, 0.2) is 18.5 Å². The molecule has 1 atom stereocenters. The summed E-state index contributed by atoms with van der Waals surface area (Å²) in [5.41, 5.74) is 1.75. The van der Waals surface area contributed by atoms with Gasteiger partial charge in [0.25, 0.3) is 0 Å². The van der Waals surface area contributed by atoms with E-state index in [4.69, 9.17) is 0 Å². The van der Waals surface area contributed by atoms with E-state index in [0.717, 1.165) is 11.1 Å². The number of aryl methyl sites for hydroxylation is 1. The second kappa shape index (κ2) is 5.23. The molecule has 0 bridgehead atoms. The van der Waals surface area contributed by atoms with E-state index in [-0.39, 0.29) is 23.8 Å². The minimum atomic E-state index is -0.472. The van der Waals surface area contributed by atoms with E-state index in [1.54, 1.807) is 17.3 Å². The number of rotatable bonds is 2. The minimum absolute atomic E-state index is 0.0275. The topological polar surface area (TPSA) is 62.3 Å². The molecule has 2 rings (SSSR count). The van der Waals surface area contributed by atoms with Gasteiger partial charge in [-0.1, -0.05) is 20.8 Å². The van der Waals surface area contributed by atoms with E-state index >= 15 is 0 Å². The van der Waals surface area contributed by atoms with Gasteiger partial charge in [-0.15, -0.1) is 0 Å². The van der Waals surface area contributed by atoms with E-state index < -0.39 is 6.04 Å². The molecule has 5 heteroatoms. The van der Waals surface area contributed by atoms with Gasteiger partial charge in [0.2, 0.25) is 11.8 Å². The first-order chi connectivity index (χ1) is 9.29. The van der Waals surface area contributed by atoms with Crippen LogP contribution in [0.2, 0.25) is 0 Å². The number of amides is 2. The SMILES string of the molecule is Cc1ccncc1CN1CC(=O)NC(C(C)(C)C)C1=O. The lowest BCUT2D eigenvalue weighted by Gasteiger charge is -2.39. The molecular weight excluding hydrogens is 254 g/mol. The third kappa shape index (κ3) is 2.98. The summed E-state index contributed by atoms with van der Waals surface area (Å²) in [7, 11) is 0. The summed E-state index contributed by atoms with van der Waals surface area (Å²) >= 11 is 0. The molecule has 0 radical (unpaired) electrons. The number of piperazine rings is 1. The van der Waals surface area contributed by atoms with Crippen LogP contribution in [0.1, 0.15) is 31.9 Å². The van der Waals surface area contributed by atoms with Crippen molar-refractivity contribution >= 4 is 11.8 Å². The van der Waals surface area contributed by atoms with Crippen LogP contribution in [0.25, 0.3) is 0 Å². The summed E-state index contributed by atoms with van der Waals surface area (Å²) in [6, 6.07) is 1.44. The fourth-order valence-corrected chi connectivity index (χ4v) is 2.29. The highest BCUT2D eigenvalue weighted by molar-refractivity contribution is 5.95. The van der Waals surface area contributed by atoms with Crippen molar-refractivity contribution in [2.24, 2.45) is 5.41 Å². The molecule has 2 amide bonds. The van der Waals surface area contributed by atoms with Crippen LogP contribution < -0.4 is 5.32 Å². The lowest BCUT2D eigenvalue weighted by molar-refractivity contribution is -0.147. The summed E-state index contributed by atoms with van der Waals surface area (Å²) in [5.74, 6) is -0.133. The van der Waals surface area contributed by atoms with Crippen LogP contribution in [0.4, 0.5) is 0 Å². The first-order valence-electron chi connectivity index (χ1n) is 6.76. The molecule has 1 fully saturated rings. The van der Waals surface area contributed by atoms with Crippen molar-refractivity contribution in [3.8, 4) is 0 Å². The summed E-state index contributed by atoms with van der Waals surface area (Å²) in [6.07, 6.45) is 3.47. The maximum Gasteiger partial charge on any atom is 0.246 e. The highest BCUT2D eigenvalue weighted by Gasteiger charge is 2.39. The molecule has 2 heterocycles. The maximum atomic E-state index is 12.5. The third-order valence-electron chi connectivity index (χ3n) is 3.57. The predicted octanol–water partition coefficient (Wildman–Crippen LogP) is 1.26. The quantitative estimate of drug-likeness (QED) is 0.884. The molecule has 108 valence electrons. The van der Waals surface area contributed by atoms with Gasteiger partial charge in [0.15, 0.2) is 0 Å². The standard InChI is InChI=1S/C15H21N3O2/c1-10-5-6-16-7-11(10)8-18-9-12(19)17-13(14(18)20)15(2,3)4/h5-7,13H,8-9H2,1-4H3,(H,17,19). The van der Waals surface area contributed by atoms with E-state index in [1.165, 1.54) is 0 Å². The second-order valence-electron chi connectivity index (χ2n) is 6.36. The molecule has 0 saturated carbocycles. The van der Waals surface area contributed by atoms with Crippen LogP contribution in [-0.2, 0) is 16.1 Å². The van der Waals surface area contributed by atoms with Crippen molar-refractivity contribution in [1.82, 2.24) is 15.2 Å². The number of nitrogens with zero attached hydrogens (tertiary/aromatic N) is 2. The Morgan fingerprint density at radius 2 is 2.10 bits per heavy atom. The Morgan fingerprint density at radius 3 is 2.70 bits per heavy atom. The number of nitrogens with one attached hydrogen (secondary N) is 1. The zero-order valence-electron chi connectivity index (χ0n) is 12.4. The zero-order chi connectivity index (χ0) is 14.9. The molecule has 1 aromatic rings. The Labute approximate surface area is 119 Å². The predicted molar refractivity (Wildman–Crippen MR) is 75.8 cm³/mol. The van der Waals surface area contributed by atoms with E-state index in [1.807, 2.05) is 33.8 Å². The largest absolute Gasteiger partial charge is 0.342 e. The molecule has 1 unspecified atom stereocenters. The van der Waals surface area contributed by atoms with Crippen LogP contribution >= 0.6 is 0 Å². The molecule has 1 aromatic heterocycles. The number of pyridine rings is 1. The average Bonchev–Trinajstić information content (AvgIpc) is 2.34. The van der Waals surface area contributed by atoms with Gasteiger partial charge in [-0.2, -0.15) is 0 Å². The highest BCUT2D eigenvalue weighted by atomic mass is 16.2. The number of hydrogen-bond acceptors (Lipinski definition) is 3. The van der Waals surface area contributed by atoms with Gasteiger partial charge < -0.3 is 10.2 Å². The Morgan fingerprint density at radius 1 is 1.40 bits per heavy atom. The monoisotopic (exact) mass is 275 g/mol. The Hall–Kier alpha value is -1.91. The van der Waals surface area contributed by atoms with Crippen LogP contribution in [-0.4, -0.2) is 34.3 Å². The maximum absolute atomic E-state index is 12.5. The van der Waals surface area contributed by atoms with Crippen molar-refractivity contribution < 1.29 is 9.59 Å². The van der Waals surface area contributed by atoms with Gasteiger partial charge in [-0.3, -0.25) is 14.6 Å². The van der Waals surface area contributed by atoms with E-state index in [9.17, 15) is 9.59 Å². The number of hydrogen-bond donors (Lipinski definition) is 1. The van der Waals surface area contributed by atoms with E-state index in [0.29, 0.717) is 6.54 Å². The molecule has 0 aliphatic carbocycles. The Balaban J connectivity index is 2.21. The molecule has 0 spiro atoms. The van der Waals surface area contributed by atoms with Gasteiger partial charge in [-0.05, 0) is 29.5 Å². The lowest BCUT2D eigenvalue weighted by Crippen LogP contribution is -2.61. The van der Waals surface area contributed by atoms with Gasteiger partial charge >= 0.3 is 0 Å². The average molecular weight is 275 g/mol. The van der Waals surface area contributed by atoms with Gasteiger partial charge in [0.1, 0.15) is 6.04 Å². The van der Waals surface area contributed by atoms with Crippen molar-refractivity contribution in [1.29, 1.82) is 0 Å². The van der Waals surface area contributed by atoms with Gasteiger partial charge in [0, 0.05) is 18.9 Å². The fraction of sp³-hybridized carbons (Fsp3) is 0.533. The summed E-state index contributed by atoms with van der Waals surface area (Å²) < 4.78 is 0. The molecular formula is C15H21N3O2. The number of carbonyl (C=O) groups excluding carboxylic acids is 2. The second-order valence-corrected chi connectivity index (χ2v) is 6.36. The number of aromatic nitrogens is 1. The zero-order valence-corrected chi connectivity index (χ0v) is 12.4. The van der Waals surface area contributed by atoms with Crippen LogP contribution in [0.3, 0.4) is 0 Å². The summed E-state index contributed by atoms with van der Waals surface area (Å²) in [6.45, 7) is 8.38. The molecule has 20 heavy (non-hydrogen) atoms. The van der Waals surface area contributed by atoms with Crippen molar-refractivity contribution in [2.45, 2.75) is 40.3 Å². The van der Waals surface area contributed by atoms with Crippen LogP contribution in [0.5, 0.6) is 0 Å². The molecule has 0 aromatic carbocycles. The van der Waals surface area contributed by atoms with Crippen molar-refractivity contribution in [3.05, 3.63) is 29.6 Å². The molecule has 5 nitrogen and oxygen atoms in total. The molecule has 1 N–H and O–H groups in total. The number of carbonyl (C=O) groups is 2. The summed E-state index contributed by atoms with van der Waals surface area (Å²) in [4.78, 5) is 30.0.